The van der Waals surface area contributed by atoms with Crippen molar-refractivity contribution < 1.29 is 14.7 Å². The number of ketones is 2. The summed E-state index contributed by atoms with van der Waals surface area (Å²) in [6.07, 6.45) is 0.809. The number of thioether (sulfide) groups is 1. The first-order valence-electron chi connectivity index (χ1n) is 8.25. The third kappa shape index (κ3) is 3.61. The van der Waals surface area contributed by atoms with Gasteiger partial charge < -0.3 is 9.67 Å². The topological polar surface area (TPSA) is 85.1 Å². The number of nitrogens with zero attached hydrogens (tertiary/aromatic N) is 3. The van der Waals surface area contributed by atoms with E-state index in [1.54, 1.807) is 24.3 Å². The molecular weight excluding hydrogens is 338 g/mol. The zero-order chi connectivity index (χ0) is 18.2. The van der Waals surface area contributed by atoms with Crippen LogP contribution in [0.5, 0.6) is 5.75 Å². The number of carbonyl (C=O) groups is 2. The molecule has 1 N–H and O–H groups in total. The molecule has 3 rings (SSSR count). The molecule has 1 aromatic carbocycles. The monoisotopic (exact) mass is 359 g/mol. The average Bonchev–Trinajstić information content (AvgIpc) is 2.93. The molecule has 0 saturated heterocycles. The normalized spacial score (nSPS) is 17.9. The Hall–Kier alpha value is -2.15. The summed E-state index contributed by atoms with van der Waals surface area (Å²) in [7, 11) is 0. The number of aromatic nitrogens is 3. The van der Waals surface area contributed by atoms with E-state index in [4.69, 9.17) is 0 Å². The van der Waals surface area contributed by atoms with E-state index in [0.29, 0.717) is 30.4 Å². The number of carbonyl (C=O) groups excluding carboxylic acids is 2. The summed E-state index contributed by atoms with van der Waals surface area (Å²) in [4.78, 5) is 24.8. The van der Waals surface area contributed by atoms with Crippen molar-refractivity contribution in [3.8, 4) is 17.1 Å². The molecule has 0 atom stereocenters. The average molecular weight is 359 g/mol. The summed E-state index contributed by atoms with van der Waals surface area (Å²) in [5, 5.41) is 17.7. The van der Waals surface area contributed by atoms with Crippen molar-refractivity contribution in [2.75, 3.05) is 0 Å². The second-order valence-electron chi connectivity index (χ2n) is 7.05. The molecule has 1 saturated carbocycles. The third-order valence-electron chi connectivity index (χ3n) is 4.27. The molecule has 1 aliphatic rings. The summed E-state index contributed by atoms with van der Waals surface area (Å²) in [5.41, 5.74) is 0.558. The van der Waals surface area contributed by atoms with Crippen molar-refractivity contribution in [2.24, 2.45) is 5.41 Å². The molecule has 7 heteroatoms. The molecule has 1 fully saturated rings. The van der Waals surface area contributed by atoms with E-state index < -0.39 is 5.25 Å². The highest BCUT2D eigenvalue weighted by Crippen LogP contribution is 2.38. The number of benzene rings is 1. The molecule has 0 radical (unpaired) electrons. The standard InChI is InChI=1S/C18H21N3O3S/c1-4-21-16(11-5-7-12(22)8-6-11)19-20-17(21)25-15-13(23)9-18(2,3)10-14(15)24/h5-8,15,22H,4,9-10H2,1-3H3. The van der Waals surface area contributed by atoms with E-state index in [-0.39, 0.29) is 22.7 Å². The largest absolute Gasteiger partial charge is 0.508 e. The Kier molecular flexibility index (Phi) is 4.69. The molecule has 0 aliphatic heterocycles. The number of hydrogen-bond donors (Lipinski definition) is 1. The maximum absolute atomic E-state index is 12.4. The molecular formula is C18H21N3O3S. The van der Waals surface area contributed by atoms with Crippen LogP contribution in [0.3, 0.4) is 0 Å². The van der Waals surface area contributed by atoms with E-state index in [1.165, 1.54) is 11.8 Å². The fraction of sp³-hybridized carbons (Fsp3) is 0.444. The number of hydrogen-bond acceptors (Lipinski definition) is 6. The van der Waals surface area contributed by atoms with Crippen molar-refractivity contribution in [2.45, 2.75) is 50.6 Å². The molecule has 0 unspecified atom stereocenters. The number of phenolic OH excluding ortho intramolecular Hbond substituents is 1. The Balaban J connectivity index is 1.88. The lowest BCUT2D eigenvalue weighted by Crippen LogP contribution is -2.39. The maximum Gasteiger partial charge on any atom is 0.192 e. The van der Waals surface area contributed by atoms with Crippen LogP contribution in [0.25, 0.3) is 11.4 Å². The Morgan fingerprint density at radius 3 is 2.32 bits per heavy atom. The molecule has 6 nitrogen and oxygen atoms in total. The molecule has 0 amide bonds. The number of rotatable bonds is 4. The van der Waals surface area contributed by atoms with Crippen LogP contribution in [0, 0.1) is 5.41 Å². The quantitative estimate of drug-likeness (QED) is 0.845. The maximum atomic E-state index is 12.4. The van der Waals surface area contributed by atoms with Crippen LogP contribution < -0.4 is 0 Å². The van der Waals surface area contributed by atoms with E-state index in [9.17, 15) is 14.7 Å². The van der Waals surface area contributed by atoms with Gasteiger partial charge in [-0.05, 0) is 36.6 Å². The van der Waals surface area contributed by atoms with E-state index in [2.05, 4.69) is 10.2 Å². The third-order valence-corrected chi connectivity index (χ3v) is 5.55. The van der Waals surface area contributed by atoms with Gasteiger partial charge in [-0.1, -0.05) is 25.6 Å². The van der Waals surface area contributed by atoms with Crippen LogP contribution in [0.1, 0.15) is 33.6 Å². The smallest absolute Gasteiger partial charge is 0.192 e. The van der Waals surface area contributed by atoms with Gasteiger partial charge in [-0.25, -0.2) is 0 Å². The van der Waals surface area contributed by atoms with Gasteiger partial charge in [0.1, 0.15) is 11.0 Å². The summed E-state index contributed by atoms with van der Waals surface area (Å²) in [5.74, 6) is 0.758. The van der Waals surface area contributed by atoms with Gasteiger partial charge in [0.2, 0.25) is 0 Å². The van der Waals surface area contributed by atoms with Crippen molar-refractivity contribution in [1.29, 1.82) is 0 Å². The van der Waals surface area contributed by atoms with Crippen LogP contribution in [0.4, 0.5) is 0 Å². The van der Waals surface area contributed by atoms with Crippen molar-refractivity contribution in [3.05, 3.63) is 24.3 Å². The first kappa shape index (κ1) is 17.7. The van der Waals surface area contributed by atoms with E-state index in [1.807, 2.05) is 25.3 Å². The SMILES string of the molecule is CCn1c(SC2C(=O)CC(C)(C)CC2=O)nnc1-c1ccc(O)cc1. The first-order chi connectivity index (χ1) is 11.8. The van der Waals surface area contributed by atoms with Gasteiger partial charge in [0, 0.05) is 24.9 Å². The molecule has 1 heterocycles. The van der Waals surface area contributed by atoms with Crippen molar-refractivity contribution >= 4 is 23.3 Å². The Morgan fingerprint density at radius 1 is 1.16 bits per heavy atom. The van der Waals surface area contributed by atoms with Gasteiger partial charge in [0.25, 0.3) is 0 Å². The van der Waals surface area contributed by atoms with Gasteiger partial charge in [-0.3, -0.25) is 9.59 Å². The molecule has 25 heavy (non-hydrogen) atoms. The molecule has 0 spiro atoms. The first-order valence-corrected chi connectivity index (χ1v) is 9.13. The highest BCUT2D eigenvalue weighted by molar-refractivity contribution is 8.01. The van der Waals surface area contributed by atoms with Crippen LogP contribution in [-0.4, -0.2) is 36.7 Å². The highest BCUT2D eigenvalue weighted by atomic mass is 32.2. The highest BCUT2D eigenvalue weighted by Gasteiger charge is 2.41. The number of phenols is 1. The van der Waals surface area contributed by atoms with Gasteiger partial charge in [-0.15, -0.1) is 10.2 Å². The summed E-state index contributed by atoms with van der Waals surface area (Å²) < 4.78 is 1.89. The van der Waals surface area contributed by atoms with Crippen LogP contribution in [0.15, 0.2) is 29.4 Å². The predicted molar refractivity (Wildman–Crippen MR) is 95.5 cm³/mol. The second-order valence-corrected chi connectivity index (χ2v) is 8.12. The molecule has 132 valence electrons. The second kappa shape index (κ2) is 6.63. The lowest BCUT2D eigenvalue weighted by atomic mass is 9.76. The fourth-order valence-corrected chi connectivity index (χ4v) is 4.16. The van der Waals surface area contributed by atoms with Gasteiger partial charge >= 0.3 is 0 Å². The summed E-state index contributed by atoms with van der Waals surface area (Å²) >= 11 is 1.19. The molecule has 1 aromatic heterocycles. The van der Waals surface area contributed by atoms with Gasteiger partial charge in [0.15, 0.2) is 22.5 Å². The van der Waals surface area contributed by atoms with E-state index >= 15 is 0 Å². The van der Waals surface area contributed by atoms with Gasteiger partial charge in [0.05, 0.1) is 0 Å². The minimum Gasteiger partial charge on any atom is -0.508 e. The Bertz CT molecular complexity index is 791. The van der Waals surface area contributed by atoms with Crippen molar-refractivity contribution in [3.63, 3.8) is 0 Å². The van der Waals surface area contributed by atoms with Crippen LogP contribution in [0.2, 0.25) is 0 Å². The predicted octanol–water partition coefficient (Wildman–Crippen LogP) is 3.09. The van der Waals surface area contributed by atoms with Crippen LogP contribution >= 0.6 is 11.8 Å². The molecule has 1 aliphatic carbocycles. The minimum absolute atomic E-state index is 0.0388. The zero-order valence-corrected chi connectivity index (χ0v) is 15.3. The lowest BCUT2D eigenvalue weighted by Gasteiger charge is -2.31. The fourth-order valence-electron chi connectivity index (χ4n) is 3.09. The number of aromatic hydroxyl groups is 1. The van der Waals surface area contributed by atoms with E-state index in [0.717, 1.165) is 5.56 Å². The summed E-state index contributed by atoms with van der Waals surface area (Å²) in [6, 6.07) is 6.71. The molecule has 0 bridgehead atoms. The van der Waals surface area contributed by atoms with Crippen molar-refractivity contribution in [1.82, 2.24) is 14.8 Å². The lowest BCUT2D eigenvalue weighted by molar-refractivity contribution is -0.132. The summed E-state index contributed by atoms with van der Waals surface area (Å²) in [6.45, 7) is 6.47. The zero-order valence-electron chi connectivity index (χ0n) is 14.5. The Morgan fingerprint density at radius 2 is 1.76 bits per heavy atom. The molecule has 2 aromatic rings. The minimum atomic E-state index is -0.699. The van der Waals surface area contributed by atoms with Gasteiger partial charge in [-0.2, -0.15) is 0 Å². The Labute approximate surface area is 150 Å². The van der Waals surface area contributed by atoms with Crippen LogP contribution in [-0.2, 0) is 16.1 Å². The number of Topliss-reactive ketones (excluding diaryl/α,β-unsaturated/α-hetero) is 2.